The number of benzene rings is 1. The van der Waals surface area contributed by atoms with Crippen LogP contribution in [0.15, 0.2) is 40.2 Å². The van der Waals surface area contributed by atoms with Gasteiger partial charge in [-0.1, -0.05) is 6.92 Å². The average Bonchev–Trinajstić information content (AvgIpc) is 3.04. The Hall–Kier alpha value is -1.31. The molecule has 0 unspecified atom stereocenters. The van der Waals surface area contributed by atoms with E-state index in [1.54, 1.807) is 47.4 Å². The van der Waals surface area contributed by atoms with E-state index in [2.05, 4.69) is 27.3 Å². The van der Waals surface area contributed by atoms with Crippen LogP contribution in [0.2, 0.25) is 0 Å². The molecule has 1 aromatic heterocycles. The highest BCUT2D eigenvalue weighted by atomic mass is 79.9. The summed E-state index contributed by atoms with van der Waals surface area (Å²) < 4.78 is 6.57. The molecule has 0 aliphatic rings. The summed E-state index contributed by atoms with van der Waals surface area (Å²) in [5.74, 6) is 2.34. The highest BCUT2D eigenvalue weighted by Crippen LogP contribution is 2.25. The van der Waals surface area contributed by atoms with Crippen molar-refractivity contribution in [2.45, 2.75) is 19.1 Å². The number of hydrogen-bond acceptors (Lipinski definition) is 5. The number of Topliss-reactive ketones (excluding diaryl/α,β-unsaturated/α-hetero) is 1. The standard InChI is InChI=1S/C18H20BrNO3S2/c1-2-16(21)13-3-5-14(6-4-13)23-11-18(22)20-9-10-24-12-15-7-8-17(19)25-15/h3-8H,2,9-12H2,1H3,(H,20,22). The number of rotatable bonds is 10. The highest BCUT2D eigenvalue weighted by Gasteiger charge is 2.05. The third kappa shape index (κ3) is 7.22. The smallest absolute Gasteiger partial charge is 0.257 e. The van der Waals surface area contributed by atoms with Gasteiger partial charge in [0, 0.05) is 34.9 Å². The minimum Gasteiger partial charge on any atom is -0.484 e. The first-order valence-electron chi connectivity index (χ1n) is 7.93. The van der Waals surface area contributed by atoms with E-state index in [-0.39, 0.29) is 18.3 Å². The summed E-state index contributed by atoms with van der Waals surface area (Å²) in [6, 6.07) is 11.0. The average molecular weight is 442 g/mol. The molecule has 1 heterocycles. The van der Waals surface area contributed by atoms with Crippen LogP contribution in [0.4, 0.5) is 0 Å². The van der Waals surface area contributed by atoms with Crippen LogP contribution >= 0.6 is 39.0 Å². The molecule has 4 nitrogen and oxygen atoms in total. The Morgan fingerprint density at radius 2 is 1.96 bits per heavy atom. The van der Waals surface area contributed by atoms with E-state index in [1.165, 1.54) is 4.88 Å². The van der Waals surface area contributed by atoms with Crippen molar-refractivity contribution in [2.75, 3.05) is 18.9 Å². The van der Waals surface area contributed by atoms with E-state index in [4.69, 9.17) is 4.74 Å². The lowest BCUT2D eigenvalue weighted by Gasteiger charge is -2.08. The topological polar surface area (TPSA) is 55.4 Å². The maximum atomic E-state index is 11.8. The van der Waals surface area contributed by atoms with Gasteiger partial charge in [-0.05, 0) is 52.3 Å². The second kappa shape index (κ2) is 10.6. The van der Waals surface area contributed by atoms with Crippen molar-refractivity contribution in [3.63, 3.8) is 0 Å². The minimum atomic E-state index is -0.145. The van der Waals surface area contributed by atoms with Crippen LogP contribution in [0.1, 0.15) is 28.6 Å². The first-order chi connectivity index (χ1) is 12.1. The van der Waals surface area contributed by atoms with Gasteiger partial charge < -0.3 is 10.1 Å². The predicted octanol–water partition coefficient (Wildman–Crippen LogP) is 4.53. The Morgan fingerprint density at radius 3 is 2.60 bits per heavy atom. The minimum absolute atomic E-state index is 0.0242. The number of ketones is 1. The van der Waals surface area contributed by atoms with Gasteiger partial charge in [-0.15, -0.1) is 11.3 Å². The van der Waals surface area contributed by atoms with Crippen LogP contribution in [-0.2, 0) is 10.5 Å². The van der Waals surface area contributed by atoms with E-state index in [0.717, 1.165) is 15.3 Å². The fourth-order valence-electron chi connectivity index (χ4n) is 2.01. The van der Waals surface area contributed by atoms with Crippen molar-refractivity contribution in [1.29, 1.82) is 0 Å². The van der Waals surface area contributed by atoms with Gasteiger partial charge in [-0.3, -0.25) is 9.59 Å². The number of hydrogen-bond donors (Lipinski definition) is 1. The van der Waals surface area contributed by atoms with Gasteiger partial charge in [0.15, 0.2) is 12.4 Å². The molecule has 1 amide bonds. The molecular formula is C18H20BrNO3S2. The number of halogens is 1. The molecule has 2 aromatic rings. The molecule has 1 aromatic carbocycles. The number of thioether (sulfide) groups is 1. The van der Waals surface area contributed by atoms with Gasteiger partial charge in [0.2, 0.25) is 0 Å². The Balaban J connectivity index is 1.59. The summed E-state index contributed by atoms with van der Waals surface area (Å²) in [6.07, 6.45) is 0.477. The van der Waals surface area contributed by atoms with Crippen LogP contribution in [0.3, 0.4) is 0 Å². The molecule has 0 radical (unpaired) electrons. The number of carbonyl (C=O) groups is 2. The van der Waals surface area contributed by atoms with Crippen LogP contribution in [0, 0.1) is 0 Å². The quantitative estimate of drug-likeness (QED) is 0.434. The van der Waals surface area contributed by atoms with Gasteiger partial charge >= 0.3 is 0 Å². The zero-order chi connectivity index (χ0) is 18.1. The van der Waals surface area contributed by atoms with E-state index >= 15 is 0 Å². The van der Waals surface area contributed by atoms with Crippen molar-refractivity contribution < 1.29 is 14.3 Å². The number of carbonyl (C=O) groups excluding carboxylic acids is 2. The second-order valence-corrected chi connectivity index (χ2v) is 8.85. The normalized spacial score (nSPS) is 10.5. The summed E-state index contributed by atoms with van der Waals surface area (Å²) >= 11 is 6.96. The monoisotopic (exact) mass is 441 g/mol. The molecule has 0 aliphatic heterocycles. The van der Waals surface area contributed by atoms with Gasteiger partial charge in [0.05, 0.1) is 3.79 Å². The second-order valence-electron chi connectivity index (χ2n) is 5.20. The molecule has 1 N–H and O–H groups in total. The number of ether oxygens (including phenoxy) is 1. The summed E-state index contributed by atoms with van der Waals surface area (Å²) in [5.41, 5.74) is 0.661. The van der Waals surface area contributed by atoms with Crippen molar-refractivity contribution in [1.82, 2.24) is 5.32 Å². The Labute approximate surface area is 164 Å². The van der Waals surface area contributed by atoms with Crippen molar-refractivity contribution >= 4 is 50.7 Å². The van der Waals surface area contributed by atoms with E-state index in [9.17, 15) is 9.59 Å². The molecule has 0 saturated carbocycles. The molecule has 0 spiro atoms. The van der Waals surface area contributed by atoms with Gasteiger partial charge in [-0.2, -0.15) is 11.8 Å². The molecule has 7 heteroatoms. The Kier molecular flexibility index (Phi) is 8.51. The van der Waals surface area contributed by atoms with E-state index < -0.39 is 0 Å². The number of nitrogens with one attached hydrogen (secondary N) is 1. The lowest BCUT2D eigenvalue weighted by molar-refractivity contribution is -0.122. The van der Waals surface area contributed by atoms with E-state index in [0.29, 0.717) is 24.3 Å². The number of thiophene rings is 1. The molecule has 0 saturated heterocycles. The third-order valence-corrected chi connectivity index (χ3v) is 6.12. The van der Waals surface area contributed by atoms with Crippen LogP contribution < -0.4 is 10.1 Å². The van der Waals surface area contributed by atoms with Crippen LogP contribution in [-0.4, -0.2) is 30.6 Å². The predicted molar refractivity (Wildman–Crippen MR) is 108 cm³/mol. The fraction of sp³-hybridized carbons (Fsp3) is 0.333. The van der Waals surface area contributed by atoms with Crippen molar-refractivity contribution in [3.8, 4) is 5.75 Å². The molecule has 25 heavy (non-hydrogen) atoms. The molecule has 0 aliphatic carbocycles. The Morgan fingerprint density at radius 1 is 1.20 bits per heavy atom. The number of amides is 1. The largest absolute Gasteiger partial charge is 0.484 e. The van der Waals surface area contributed by atoms with Crippen LogP contribution in [0.5, 0.6) is 5.75 Å². The summed E-state index contributed by atoms with van der Waals surface area (Å²) in [4.78, 5) is 24.6. The fourth-order valence-corrected chi connectivity index (χ4v) is 4.46. The molecule has 134 valence electrons. The summed E-state index contributed by atoms with van der Waals surface area (Å²) in [6.45, 7) is 2.42. The zero-order valence-corrected chi connectivity index (χ0v) is 17.1. The zero-order valence-electron chi connectivity index (χ0n) is 13.9. The first kappa shape index (κ1) is 20.0. The first-order valence-corrected chi connectivity index (χ1v) is 10.7. The SMILES string of the molecule is CCC(=O)c1ccc(OCC(=O)NCCSCc2ccc(Br)s2)cc1. The molecule has 0 bridgehead atoms. The maximum Gasteiger partial charge on any atom is 0.257 e. The maximum absolute atomic E-state index is 11.8. The summed E-state index contributed by atoms with van der Waals surface area (Å²) in [5, 5.41) is 2.84. The summed E-state index contributed by atoms with van der Waals surface area (Å²) in [7, 11) is 0. The Bertz CT molecular complexity index is 701. The third-order valence-electron chi connectivity index (χ3n) is 3.31. The van der Waals surface area contributed by atoms with Gasteiger partial charge in [-0.25, -0.2) is 0 Å². The van der Waals surface area contributed by atoms with E-state index in [1.807, 2.05) is 13.0 Å². The van der Waals surface area contributed by atoms with Gasteiger partial charge in [0.25, 0.3) is 5.91 Å². The molecule has 2 rings (SSSR count). The van der Waals surface area contributed by atoms with Crippen LogP contribution in [0.25, 0.3) is 0 Å². The lowest BCUT2D eigenvalue weighted by Crippen LogP contribution is -2.30. The highest BCUT2D eigenvalue weighted by molar-refractivity contribution is 9.11. The van der Waals surface area contributed by atoms with Crippen molar-refractivity contribution in [3.05, 3.63) is 50.6 Å². The molecule has 0 fully saturated rings. The lowest BCUT2D eigenvalue weighted by atomic mass is 10.1. The molecule has 0 atom stereocenters. The molecular weight excluding hydrogens is 422 g/mol. The van der Waals surface area contributed by atoms with Gasteiger partial charge in [0.1, 0.15) is 5.75 Å². The van der Waals surface area contributed by atoms with Crippen molar-refractivity contribution in [2.24, 2.45) is 0 Å².